The molecule has 0 bridgehead atoms. The van der Waals surface area contributed by atoms with Gasteiger partial charge in [-0.25, -0.2) is 9.64 Å². The molecule has 0 aliphatic carbocycles. The van der Waals surface area contributed by atoms with Gasteiger partial charge >= 0.3 is 12.1 Å². The van der Waals surface area contributed by atoms with Crippen LogP contribution in [0.3, 0.4) is 0 Å². The van der Waals surface area contributed by atoms with E-state index in [9.17, 15) is 14.4 Å². The zero-order valence-corrected chi connectivity index (χ0v) is 20.8. The molecule has 3 aromatic rings. The average molecular weight is 549 g/mol. The molecule has 0 fully saturated rings. The minimum Gasteiger partial charge on any atom is -0.481 e. The third kappa shape index (κ3) is 7.94. The molecule has 2 aromatic carbocycles. The Bertz CT molecular complexity index is 1270. The SMILES string of the molecule is [C-]#[N+]c1ccc(CCOC(=O)NC(CC(=O)O)C(=O)Cn2nnc(Sc3c(Cl)cccc3Cl)n2)cc1. The molecule has 0 aliphatic rings. The van der Waals surface area contributed by atoms with Crippen LogP contribution in [0.5, 0.6) is 0 Å². The number of hydrogen-bond acceptors (Lipinski definition) is 8. The maximum absolute atomic E-state index is 12.7. The summed E-state index contributed by atoms with van der Waals surface area (Å²) < 4.78 is 5.07. The Labute approximate surface area is 219 Å². The molecule has 36 heavy (non-hydrogen) atoms. The Morgan fingerprint density at radius 1 is 1.17 bits per heavy atom. The van der Waals surface area contributed by atoms with E-state index in [-0.39, 0.29) is 11.8 Å². The number of benzene rings is 2. The van der Waals surface area contributed by atoms with Crippen LogP contribution in [0.1, 0.15) is 12.0 Å². The second-order valence-electron chi connectivity index (χ2n) is 7.18. The van der Waals surface area contributed by atoms with Crippen LogP contribution in [0.25, 0.3) is 4.85 Å². The fraction of sp³-hybridized carbons (Fsp3) is 0.227. The highest BCUT2D eigenvalue weighted by Gasteiger charge is 2.25. The smallest absolute Gasteiger partial charge is 0.407 e. The third-order valence-electron chi connectivity index (χ3n) is 4.59. The summed E-state index contributed by atoms with van der Waals surface area (Å²) in [6, 6.07) is 10.4. The summed E-state index contributed by atoms with van der Waals surface area (Å²) in [6.07, 6.45) is -1.22. The van der Waals surface area contributed by atoms with E-state index >= 15 is 0 Å². The number of halogens is 2. The summed E-state index contributed by atoms with van der Waals surface area (Å²) in [6.45, 7) is 6.50. The van der Waals surface area contributed by atoms with Crippen LogP contribution in [0, 0.1) is 6.57 Å². The number of nitrogens with one attached hydrogen (secondary N) is 1. The summed E-state index contributed by atoms with van der Waals surface area (Å²) in [5, 5.41) is 24.1. The quantitative estimate of drug-likeness (QED) is 0.339. The van der Waals surface area contributed by atoms with Gasteiger partial charge in [0.05, 0.1) is 34.5 Å². The second-order valence-corrected chi connectivity index (χ2v) is 8.97. The molecule has 1 aromatic heterocycles. The van der Waals surface area contributed by atoms with Gasteiger partial charge < -0.3 is 15.2 Å². The van der Waals surface area contributed by atoms with Crippen molar-refractivity contribution in [3.63, 3.8) is 0 Å². The highest BCUT2D eigenvalue weighted by atomic mass is 35.5. The first-order valence-electron chi connectivity index (χ1n) is 10.3. The number of carbonyl (C=O) groups excluding carboxylic acids is 2. The predicted molar refractivity (Wildman–Crippen MR) is 130 cm³/mol. The molecule has 2 N–H and O–H groups in total. The van der Waals surface area contributed by atoms with Gasteiger partial charge in [-0.3, -0.25) is 9.59 Å². The van der Waals surface area contributed by atoms with Crippen LogP contribution in [-0.2, 0) is 27.3 Å². The maximum Gasteiger partial charge on any atom is 0.407 e. The lowest BCUT2D eigenvalue weighted by atomic mass is 10.1. The van der Waals surface area contributed by atoms with E-state index in [1.807, 2.05) is 0 Å². The molecule has 0 saturated heterocycles. The van der Waals surface area contributed by atoms with E-state index in [2.05, 4.69) is 25.6 Å². The van der Waals surface area contributed by atoms with Crippen molar-refractivity contribution in [2.24, 2.45) is 0 Å². The van der Waals surface area contributed by atoms with Gasteiger partial charge in [0.2, 0.25) is 5.16 Å². The van der Waals surface area contributed by atoms with Crippen molar-refractivity contribution in [3.05, 3.63) is 69.5 Å². The van der Waals surface area contributed by atoms with Gasteiger partial charge in [0.1, 0.15) is 12.6 Å². The van der Waals surface area contributed by atoms with Crippen LogP contribution >= 0.6 is 35.0 Å². The van der Waals surface area contributed by atoms with Crippen molar-refractivity contribution in [2.45, 2.75) is 35.5 Å². The van der Waals surface area contributed by atoms with Crippen LogP contribution in [0.4, 0.5) is 10.5 Å². The monoisotopic (exact) mass is 548 g/mol. The lowest BCUT2D eigenvalue weighted by Crippen LogP contribution is -2.44. The number of aliphatic carboxylic acids is 1. The van der Waals surface area contributed by atoms with Crippen molar-refractivity contribution in [3.8, 4) is 0 Å². The van der Waals surface area contributed by atoms with Gasteiger partial charge in [-0.2, -0.15) is 4.80 Å². The number of alkyl carbamates (subject to hydrolysis) is 1. The molecule has 1 unspecified atom stereocenters. The topological polar surface area (TPSA) is 141 Å². The molecule has 0 radical (unpaired) electrons. The molecule has 14 heteroatoms. The Morgan fingerprint density at radius 2 is 1.86 bits per heavy atom. The number of ether oxygens (including phenoxy) is 1. The number of Topliss-reactive ketones (excluding diaryl/α,β-unsaturated/α-hetero) is 1. The number of ketones is 1. The second kappa shape index (κ2) is 12.9. The molecular weight excluding hydrogens is 531 g/mol. The van der Waals surface area contributed by atoms with E-state index in [0.717, 1.165) is 22.1 Å². The third-order valence-corrected chi connectivity index (χ3v) is 6.44. The number of carboxylic acids is 1. The lowest BCUT2D eigenvalue weighted by molar-refractivity contribution is -0.139. The van der Waals surface area contributed by atoms with Crippen LogP contribution in [0.2, 0.25) is 10.0 Å². The summed E-state index contributed by atoms with van der Waals surface area (Å²) in [5.74, 6) is -1.95. The molecule has 1 heterocycles. The first-order valence-corrected chi connectivity index (χ1v) is 11.9. The Morgan fingerprint density at radius 3 is 2.50 bits per heavy atom. The molecule has 3 rings (SSSR count). The molecule has 0 saturated carbocycles. The Balaban J connectivity index is 1.55. The number of carboxylic acid groups (broad SMARTS) is 1. The van der Waals surface area contributed by atoms with Gasteiger partial charge in [-0.15, -0.1) is 10.2 Å². The van der Waals surface area contributed by atoms with Crippen molar-refractivity contribution >= 4 is 58.5 Å². The number of aromatic nitrogens is 4. The normalized spacial score (nSPS) is 11.4. The number of amides is 1. The molecule has 11 nitrogen and oxygen atoms in total. The van der Waals surface area contributed by atoms with Crippen molar-refractivity contribution in [2.75, 3.05) is 6.61 Å². The van der Waals surface area contributed by atoms with Crippen LogP contribution in [-0.4, -0.2) is 55.8 Å². The van der Waals surface area contributed by atoms with Crippen molar-refractivity contribution < 1.29 is 24.2 Å². The highest BCUT2D eigenvalue weighted by Crippen LogP contribution is 2.36. The van der Waals surface area contributed by atoms with Gasteiger partial charge in [-0.05, 0) is 34.7 Å². The van der Waals surface area contributed by atoms with E-state index in [1.165, 1.54) is 0 Å². The number of nitrogens with zero attached hydrogens (tertiary/aromatic N) is 5. The molecule has 1 atom stereocenters. The van der Waals surface area contributed by atoms with E-state index in [0.29, 0.717) is 27.0 Å². The van der Waals surface area contributed by atoms with Crippen molar-refractivity contribution in [1.82, 2.24) is 25.5 Å². The van der Waals surface area contributed by atoms with Crippen LogP contribution in [0.15, 0.2) is 52.5 Å². The molecular formula is C22H18Cl2N6O5S. The minimum absolute atomic E-state index is 0.00694. The van der Waals surface area contributed by atoms with E-state index < -0.39 is 36.9 Å². The van der Waals surface area contributed by atoms with Crippen molar-refractivity contribution in [1.29, 1.82) is 0 Å². The standard InChI is InChI=1S/C22H18Cl2N6O5S/c1-25-14-7-5-13(6-8-14)9-10-35-22(34)26-17(11-19(32)33)18(31)12-30-28-21(27-29-30)36-20-15(23)3-2-4-16(20)24/h2-8,17H,9-12H2,(H,26,34)(H,32,33). The number of rotatable bonds is 11. The van der Waals surface area contributed by atoms with Gasteiger partial charge in [0.15, 0.2) is 11.5 Å². The molecule has 0 aliphatic heterocycles. The molecule has 186 valence electrons. The van der Waals surface area contributed by atoms with Gasteiger partial charge in [-0.1, -0.05) is 53.5 Å². The lowest BCUT2D eigenvalue weighted by Gasteiger charge is -2.15. The fourth-order valence-electron chi connectivity index (χ4n) is 2.86. The Kier molecular flexibility index (Phi) is 9.63. The summed E-state index contributed by atoms with van der Waals surface area (Å²) in [4.78, 5) is 40.9. The minimum atomic E-state index is -1.37. The number of carbonyl (C=O) groups is 3. The average Bonchev–Trinajstić information content (AvgIpc) is 3.28. The number of tetrazole rings is 1. The Hall–Kier alpha value is -3.66. The summed E-state index contributed by atoms with van der Waals surface area (Å²) >= 11 is 13.3. The maximum atomic E-state index is 12.7. The van der Waals surface area contributed by atoms with E-state index in [4.69, 9.17) is 39.6 Å². The number of hydrogen-bond donors (Lipinski definition) is 2. The van der Waals surface area contributed by atoms with Gasteiger partial charge in [0, 0.05) is 6.42 Å². The van der Waals surface area contributed by atoms with Gasteiger partial charge in [0.25, 0.3) is 0 Å². The zero-order valence-electron chi connectivity index (χ0n) is 18.4. The molecule has 1 amide bonds. The molecule has 0 spiro atoms. The largest absolute Gasteiger partial charge is 0.481 e. The summed E-state index contributed by atoms with van der Waals surface area (Å²) in [5.41, 5.74) is 1.34. The summed E-state index contributed by atoms with van der Waals surface area (Å²) in [7, 11) is 0. The zero-order chi connectivity index (χ0) is 26.1. The fourth-order valence-corrected chi connectivity index (χ4v) is 4.21. The van der Waals surface area contributed by atoms with E-state index in [1.54, 1.807) is 42.5 Å². The highest BCUT2D eigenvalue weighted by molar-refractivity contribution is 7.99. The first kappa shape index (κ1) is 26.9. The first-order chi connectivity index (χ1) is 17.2. The predicted octanol–water partition coefficient (Wildman–Crippen LogP) is 4.06. The van der Waals surface area contributed by atoms with Crippen LogP contribution < -0.4 is 5.32 Å².